The molecule has 0 radical (unpaired) electrons. The normalized spacial score (nSPS) is 33.6. The number of aliphatic hydroxyl groups excluding tert-OH is 2. The van der Waals surface area contributed by atoms with Gasteiger partial charge in [0, 0.05) is 12.2 Å². The van der Waals surface area contributed by atoms with Crippen LogP contribution in [0.15, 0.2) is 30.3 Å². The van der Waals surface area contributed by atoms with Gasteiger partial charge in [0.1, 0.15) is 0 Å². The first-order valence-electron chi connectivity index (χ1n) is 5.84. The van der Waals surface area contributed by atoms with Gasteiger partial charge in [-0.05, 0) is 12.5 Å². The van der Waals surface area contributed by atoms with Gasteiger partial charge in [-0.15, -0.1) is 11.8 Å². The molecule has 0 amide bonds. The highest BCUT2D eigenvalue weighted by molar-refractivity contribution is 7.99. The summed E-state index contributed by atoms with van der Waals surface area (Å²) in [6.07, 6.45) is -1.14. The topological polar surface area (TPSA) is 49.7 Å². The highest BCUT2D eigenvalue weighted by Gasteiger charge is 2.34. The van der Waals surface area contributed by atoms with Crippen molar-refractivity contribution in [1.29, 1.82) is 0 Å². The van der Waals surface area contributed by atoms with Crippen LogP contribution in [-0.4, -0.2) is 34.0 Å². The molecule has 0 aromatic heterocycles. The molecule has 4 heteroatoms. The van der Waals surface area contributed by atoms with Crippen LogP contribution in [0.4, 0.5) is 0 Å². The molecule has 0 unspecified atom stereocenters. The molecule has 2 rings (SSSR count). The fourth-order valence-electron chi connectivity index (χ4n) is 2.05. The molecule has 1 aliphatic rings. The second-order valence-electron chi connectivity index (χ2n) is 4.36. The highest BCUT2D eigenvalue weighted by atomic mass is 32.2. The summed E-state index contributed by atoms with van der Waals surface area (Å²) < 4.78 is 5.33. The smallest absolute Gasteiger partial charge is 0.157 e. The molecule has 1 saturated heterocycles. The van der Waals surface area contributed by atoms with Crippen LogP contribution in [0, 0.1) is 0 Å². The minimum Gasteiger partial charge on any atom is -0.392 e. The Morgan fingerprint density at radius 1 is 1.29 bits per heavy atom. The third-order valence-electron chi connectivity index (χ3n) is 2.94. The maximum absolute atomic E-state index is 9.93. The number of rotatable bonds is 3. The molecule has 4 atom stereocenters. The maximum atomic E-state index is 9.93. The van der Waals surface area contributed by atoms with Crippen LogP contribution >= 0.6 is 11.8 Å². The minimum atomic E-state index is -0.825. The SMILES string of the molecule is C[C@H]1O[C@H](O)C[C@H](O)[C@@H]1SCc1ccccc1. The molecule has 0 aliphatic carbocycles. The van der Waals surface area contributed by atoms with E-state index in [2.05, 4.69) is 12.1 Å². The number of ether oxygens (including phenoxy) is 1. The van der Waals surface area contributed by atoms with Crippen molar-refractivity contribution in [3.63, 3.8) is 0 Å². The highest BCUT2D eigenvalue weighted by Crippen LogP contribution is 2.30. The van der Waals surface area contributed by atoms with Crippen LogP contribution in [0.1, 0.15) is 18.9 Å². The Kier molecular flexibility index (Phi) is 4.45. The zero-order valence-corrected chi connectivity index (χ0v) is 10.6. The Balaban J connectivity index is 1.90. The van der Waals surface area contributed by atoms with Gasteiger partial charge in [-0.2, -0.15) is 0 Å². The van der Waals surface area contributed by atoms with E-state index in [4.69, 9.17) is 4.74 Å². The van der Waals surface area contributed by atoms with Gasteiger partial charge in [-0.1, -0.05) is 30.3 Å². The lowest BCUT2D eigenvalue weighted by Crippen LogP contribution is -2.45. The van der Waals surface area contributed by atoms with Gasteiger partial charge in [0.25, 0.3) is 0 Å². The van der Waals surface area contributed by atoms with Gasteiger partial charge < -0.3 is 14.9 Å². The summed E-state index contributed by atoms with van der Waals surface area (Å²) in [5, 5.41) is 19.3. The minimum absolute atomic E-state index is 0.0265. The molecule has 1 aromatic rings. The third kappa shape index (κ3) is 3.45. The van der Waals surface area contributed by atoms with E-state index >= 15 is 0 Å². The molecule has 1 aliphatic heterocycles. The van der Waals surface area contributed by atoms with Gasteiger partial charge in [0.05, 0.1) is 17.5 Å². The molecule has 1 aromatic carbocycles. The summed E-state index contributed by atoms with van der Waals surface area (Å²) in [5.41, 5.74) is 1.24. The first-order chi connectivity index (χ1) is 8.16. The largest absolute Gasteiger partial charge is 0.392 e. The van der Waals surface area contributed by atoms with Gasteiger partial charge in [-0.25, -0.2) is 0 Å². The van der Waals surface area contributed by atoms with Gasteiger partial charge >= 0.3 is 0 Å². The number of hydrogen-bond acceptors (Lipinski definition) is 4. The van der Waals surface area contributed by atoms with E-state index < -0.39 is 12.4 Å². The first-order valence-corrected chi connectivity index (χ1v) is 6.89. The van der Waals surface area contributed by atoms with E-state index in [0.29, 0.717) is 6.42 Å². The van der Waals surface area contributed by atoms with E-state index in [1.807, 2.05) is 25.1 Å². The second-order valence-corrected chi connectivity index (χ2v) is 5.53. The zero-order valence-electron chi connectivity index (χ0n) is 9.82. The molecule has 2 N–H and O–H groups in total. The van der Waals surface area contributed by atoms with Crippen molar-refractivity contribution in [2.24, 2.45) is 0 Å². The summed E-state index contributed by atoms with van der Waals surface area (Å²) in [6.45, 7) is 1.90. The van der Waals surface area contributed by atoms with Gasteiger partial charge in [-0.3, -0.25) is 0 Å². The van der Waals surface area contributed by atoms with E-state index in [-0.39, 0.29) is 11.4 Å². The Labute approximate surface area is 106 Å². The summed E-state index contributed by atoms with van der Waals surface area (Å²) in [6, 6.07) is 10.2. The molecular weight excluding hydrogens is 236 g/mol. The second kappa shape index (κ2) is 5.87. The molecule has 1 heterocycles. The van der Waals surface area contributed by atoms with Crippen LogP contribution in [0.25, 0.3) is 0 Å². The lowest BCUT2D eigenvalue weighted by Gasteiger charge is -2.35. The van der Waals surface area contributed by atoms with Crippen molar-refractivity contribution in [3.8, 4) is 0 Å². The van der Waals surface area contributed by atoms with Gasteiger partial charge in [0.2, 0.25) is 0 Å². The summed E-state index contributed by atoms with van der Waals surface area (Å²) in [7, 11) is 0. The summed E-state index contributed by atoms with van der Waals surface area (Å²) in [4.78, 5) is 0. The van der Waals surface area contributed by atoms with Crippen molar-refractivity contribution in [1.82, 2.24) is 0 Å². The molecule has 0 saturated carbocycles. The van der Waals surface area contributed by atoms with Crippen LogP contribution in [0.2, 0.25) is 0 Å². The zero-order chi connectivity index (χ0) is 12.3. The maximum Gasteiger partial charge on any atom is 0.157 e. The van der Waals surface area contributed by atoms with Gasteiger partial charge in [0.15, 0.2) is 6.29 Å². The van der Waals surface area contributed by atoms with E-state index in [1.54, 1.807) is 11.8 Å². The van der Waals surface area contributed by atoms with E-state index in [9.17, 15) is 10.2 Å². The Morgan fingerprint density at radius 3 is 2.65 bits per heavy atom. The third-order valence-corrected chi connectivity index (χ3v) is 4.52. The molecule has 17 heavy (non-hydrogen) atoms. The van der Waals surface area contributed by atoms with Crippen LogP contribution in [-0.2, 0) is 10.5 Å². The number of aliphatic hydroxyl groups is 2. The van der Waals surface area contributed by atoms with Crippen LogP contribution < -0.4 is 0 Å². The van der Waals surface area contributed by atoms with Crippen LogP contribution in [0.5, 0.6) is 0 Å². The number of benzene rings is 1. The molecule has 3 nitrogen and oxygen atoms in total. The molecule has 0 spiro atoms. The lowest BCUT2D eigenvalue weighted by atomic mass is 10.1. The first kappa shape index (κ1) is 12.9. The summed E-state index contributed by atoms with van der Waals surface area (Å²) >= 11 is 1.68. The fourth-order valence-corrected chi connectivity index (χ4v) is 3.29. The fraction of sp³-hybridized carbons (Fsp3) is 0.538. The summed E-state index contributed by atoms with van der Waals surface area (Å²) in [5.74, 6) is 0.854. The number of hydrogen-bond donors (Lipinski definition) is 2. The predicted molar refractivity (Wildman–Crippen MR) is 68.7 cm³/mol. The quantitative estimate of drug-likeness (QED) is 0.863. The average molecular weight is 254 g/mol. The molecule has 1 fully saturated rings. The predicted octanol–water partition coefficient (Wildman–Crippen LogP) is 1.78. The molecule has 0 bridgehead atoms. The van der Waals surface area contributed by atoms with Crippen molar-refractivity contribution >= 4 is 11.8 Å². The Morgan fingerprint density at radius 2 is 2.00 bits per heavy atom. The van der Waals surface area contributed by atoms with Crippen molar-refractivity contribution < 1.29 is 14.9 Å². The van der Waals surface area contributed by atoms with Crippen molar-refractivity contribution in [2.75, 3.05) is 0 Å². The lowest BCUT2D eigenvalue weighted by molar-refractivity contribution is -0.180. The standard InChI is InChI=1S/C13H18O3S/c1-9-13(11(14)7-12(15)16-9)17-8-10-5-3-2-4-6-10/h2-6,9,11-15H,7-8H2,1H3/t9-,11+,12+,13-/m1/s1. The molecular formula is C13H18O3S. The van der Waals surface area contributed by atoms with Crippen molar-refractivity contribution in [3.05, 3.63) is 35.9 Å². The monoisotopic (exact) mass is 254 g/mol. The van der Waals surface area contributed by atoms with Crippen molar-refractivity contribution in [2.45, 2.75) is 42.8 Å². The van der Waals surface area contributed by atoms with E-state index in [1.165, 1.54) is 5.56 Å². The Bertz CT molecular complexity index is 332. The average Bonchev–Trinajstić information content (AvgIpc) is 2.29. The Hall–Kier alpha value is -0.550. The van der Waals surface area contributed by atoms with Crippen LogP contribution in [0.3, 0.4) is 0 Å². The molecule has 94 valence electrons. The van der Waals surface area contributed by atoms with E-state index in [0.717, 1.165) is 5.75 Å². The number of thioether (sulfide) groups is 1.